The molecule has 1 atom stereocenters. The first-order valence-corrected chi connectivity index (χ1v) is 7.10. The van der Waals surface area contributed by atoms with E-state index in [4.69, 9.17) is 5.73 Å². The topological polar surface area (TPSA) is 84.2 Å². The fourth-order valence-electron chi connectivity index (χ4n) is 1.46. The van der Waals surface area contributed by atoms with Crippen molar-refractivity contribution in [1.82, 2.24) is 4.72 Å². The van der Waals surface area contributed by atoms with Crippen molar-refractivity contribution in [3.8, 4) is 0 Å². The smallest absolute Gasteiger partial charge is 0.299 e. The minimum atomic E-state index is -3.44. The van der Waals surface area contributed by atoms with Gasteiger partial charge in [0.15, 0.2) is 0 Å². The summed E-state index contributed by atoms with van der Waals surface area (Å²) in [5, 5.41) is 0. The van der Waals surface area contributed by atoms with E-state index >= 15 is 0 Å². The Morgan fingerprint density at radius 1 is 1.29 bits per heavy atom. The van der Waals surface area contributed by atoms with Crippen molar-refractivity contribution < 1.29 is 8.42 Å². The summed E-state index contributed by atoms with van der Waals surface area (Å²) in [6.07, 6.45) is 1.84. The third-order valence-electron chi connectivity index (χ3n) is 2.59. The van der Waals surface area contributed by atoms with Crippen LogP contribution >= 0.6 is 0 Å². The molecule has 2 rings (SSSR count). The van der Waals surface area contributed by atoms with Crippen LogP contribution in [-0.4, -0.2) is 14.5 Å². The molecule has 1 fully saturated rings. The van der Waals surface area contributed by atoms with Gasteiger partial charge in [0.1, 0.15) is 0 Å². The number of anilines is 1. The highest BCUT2D eigenvalue weighted by atomic mass is 32.2. The summed E-state index contributed by atoms with van der Waals surface area (Å²) in [5.74, 6) is 0. The third-order valence-corrected chi connectivity index (χ3v) is 3.74. The second kappa shape index (κ2) is 4.64. The van der Waals surface area contributed by atoms with E-state index in [1.807, 2.05) is 19.1 Å². The molecule has 4 N–H and O–H groups in total. The highest BCUT2D eigenvalue weighted by Gasteiger charge is 2.26. The fourth-order valence-corrected chi connectivity index (χ4v) is 2.64. The summed E-state index contributed by atoms with van der Waals surface area (Å²) in [4.78, 5) is 0. The quantitative estimate of drug-likeness (QED) is 0.737. The molecule has 0 radical (unpaired) electrons. The van der Waals surface area contributed by atoms with Gasteiger partial charge < -0.3 is 5.73 Å². The molecular weight excluding hydrogens is 238 g/mol. The van der Waals surface area contributed by atoms with E-state index in [9.17, 15) is 8.42 Å². The largest absolute Gasteiger partial charge is 0.324 e. The van der Waals surface area contributed by atoms with Gasteiger partial charge in [0, 0.05) is 17.8 Å². The van der Waals surface area contributed by atoms with E-state index in [2.05, 4.69) is 9.44 Å². The van der Waals surface area contributed by atoms with E-state index in [1.54, 1.807) is 12.1 Å². The molecule has 6 heteroatoms. The highest BCUT2D eigenvalue weighted by Crippen LogP contribution is 2.20. The number of rotatable bonds is 5. The van der Waals surface area contributed by atoms with Crippen molar-refractivity contribution in [1.29, 1.82) is 0 Å². The Bertz CT molecular complexity index is 478. The third kappa shape index (κ3) is 3.69. The van der Waals surface area contributed by atoms with Gasteiger partial charge in [-0.25, -0.2) is 0 Å². The van der Waals surface area contributed by atoms with Gasteiger partial charge in [-0.2, -0.15) is 13.1 Å². The molecule has 1 saturated carbocycles. The zero-order valence-corrected chi connectivity index (χ0v) is 10.5. The SMILES string of the molecule is CC(N)c1ccc(NS(=O)(=O)NC2CC2)cc1. The van der Waals surface area contributed by atoms with Crippen molar-refractivity contribution in [3.63, 3.8) is 0 Å². The molecule has 0 aromatic heterocycles. The fraction of sp³-hybridized carbons (Fsp3) is 0.455. The van der Waals surface area contributed by atoms with E-state index < -0.39 is 10.2 Å². The predicted molar refractivity (Wildman–Crippen MR) is 67.7 cm³/mol. The van der Waals surface area contributed by atoms with Gasteiger partial charge >= 0.3 is 0 Å². The minimum Gasteiger partial charge on any atom is -0.324 e. The van der Waals surface area contributed by atoms with E-state index in [-0.39, 0.29) is 12.1 Å². The van der Waals surface area contributed by atoms with Crippen molar-refractivity contribution in [3.05, 3.63) is 29.8 Å². The molecular formula is C11H17N3O2S. The average molecular weight is 255 g/mol. The summed E-state index contributed by atoms with van der Waals surface area (Å²) in [7, 11) is -3.44. The molecule has 1 aliphatic rings. The Labute approximate surface area is 102 Å². The first kappa shape index (κ1) is 12.3. The number of nitrogens with one attached hydrogen (secondary N) is 2. The summed E-state index contributed by atoms with van der Waals surface area (Å²) in [6, 6.07) is 7.12. The Morgan fingerprint density at radius 3 is 2.35 bits per heavy atom. The molecule has 5 nitrogen and oxygen atoms in total. The zero-order chi connectivity index (χ0) is 12.5. The summed E-state index contributed by atoms with van der Waals surface area (Å²) in [6.45, 7) is 1.88. The maximum atomic E-state index is 11.6. The lowest BCUT2D eigenvalue weighted by Gasteiger charge is -2.10. The van der Waals surface area contributed by atoms with Gasteiger partial charge in [-0.3, -0.25) is 4.72 Å². The Kier molecular flexibility index (Phi) is 3.37. The van der Waals surface area contributed by atoms with Crippen molar-refractivity contribution in [2.24, 2.45) is 5.73 Å². The average Bonchev–Trinajstić information content (AvgIpc) is 3.00. The van der Waals surface area contributed by atoms with Crippen LogP contribution in [0.2, 0.25) is 0 Å². The van der Waals surface area contributed by atoms with Gasteiger partial charge in [-0.05, 0) is 37.5 Å². The molecule has 1 aromatic rings. The molecule has 94 valence electrons. The van der Waals surface area contributed by atoms with Crippen LogP contribution in [0.4, 0.5) is 5.69 Å². The van der Waals surface area contributed by atoms with Crippen LogP contribution in [0.3, 0.4) is 0 Å². The zero-order valence-electron chi connectivity index (χ0n) is 9.68. The van der Waals surface area contributed by atoms with Crippen LogP contribution in [-0.2, 0) is 10.2 Å². The summed E-state index contributed by atoms with van der Waals surface area (Å²) < 4.78 is 28.3. The van der Waals surface area contributed by atoms with Crippen LogP contribution < -0.4 is 15.2 Å². The second-order valence-corrected chi connectivity index (χ2v) is 5.86. The molecule has 17 heavy (non-hydrogen) atoms. The second-order valence-electron chi connectivity index (χ2n) is 4.41. The molecule has 1 unspecified atom stereocenters. The first-order valence-electron chi connectivity index (χ1n) is 5.62. The standard InChI is InChI=1S/C11H17N3O2S/c1-8(12)9-2-4-10(5-3-9)13-17(15,16)14-11-6-7-11/h2-5,8,11,13-14H,6-7,12H2,1H3. The minimum absolute atomic E-state index is 0.0507. The number of hydrogen-bond acceptors (Lipinski definition) is 3. The van der Waals surface area contributed by atoms with Crippen LogP contribution in [0.25, 0.3) is 0 Å². The Balaban J connectivity index is 2.02. The number of benzene rings is 1. The molecule has 1 aromatic carbocycles. The molecule has 1 aliphatic carbocycles. The van der Waals surface area contributed by atoms with Crippen LogP contribution in [0, 0.1) is 0 Å². The van der Waals surface area contributed by atoms with E-state index in [0.717, 1.165) is 18.4 Å². The van der Waals surface area contributed by atoms with Gasteiger partial charge in [0.25, 0.3) is 10.2 Å². The maximum absolute atomic E-state index is 11.6. The van der Waals surface area contributed by atoms with Gasteiger partial charge in [0.2, 0.25) is 0 Å². The maximum Gasteiger partial charge on any atom is 0.299 e. The highest BCUT2D eigenvalue weighted by molar-refractivity contribution is 7.90. The van der Waals surface area contributed by atoms with Gasteiger partial charge in [0.05, 0.1) is 0 Å². The monoisotopic (exact) mass is 255 g/mol. The molecule has 0 amide bonds. The van der Waals surface area contributed by atoms with Gasteiger partial charge in [-0.1, -0.05) is 12.1 Å². The molecule has 0 bridgehead atoms. The number of nitrogens with two attached hydrogens (primary N) is 1. The number of hydrogen-bond donors (Lipinski definition) is 3. The van der Waals surface area contributed by atoms with Crippen LogP contribution in [0.5, 0.6) is 0 Å². The van der Waals surface area contributed by atoms with Crippen molar-refractivity contribution in [2.75, 3.05) is 4.72 Å². The lowest BCUT2D eigenvalue weighted by atomic mass is 10.1. The normalized spacial score (nSPS) is 17.8. The Hall–Kier alpha value is -1.11. The molecule has 0 spiro atoms. The lowest BCUT2D eigenvalue weighted by Crippen LogP contribution is -2.31. The van der Waals surface area contributed by atoms with E-state index in [0.29, 0.717) is 5.69 Å². The molecule has 0 aliphatic heterocycles. The van der Waals surface area contributed by atoms with E-state index in [1.165, 1.54) is 0 Å². The molecule has 0 heterocycles. The Morgan fingerprint density at radius 2 is 1.88 bits per heavy atom. The van der Waals surface area contributed by atoms with Crippen LogP contribution in [0.15, 0.2) is 24.3 Å². The summed E-state index contributed by atoms with van der Waals surface area (Å²) >= 11 is 0. The van der Waals surface area contributed by atoms with Crippen LogP contribution in [0.1, 0.15) is 31.4 Å². The predicted octanol–water partition coefficient (Wildman–Crippen LogP) is 1.11. The van der Waals surface area contributed by atoms with Crippen molar-refractivity contribution in [2.45, 2.75) is 31.8 Å². The van der Waals surface area contributed by atoms with Gasteiger partial charge in [-0.15, -0.1) is 0 Å². The lowest BCUT2D eigenvalue weighted by molar-refractivity contribution is 0.586. The first-order chi connectivity index (χ1) is 7.96. The van der Waals surface area contributed by atoms with Crippen molar-refractivity contribution >= 4 is 15.9 Å². The summed E-state index contributed by atoms with van der Waals surface area (Å²) in [5.41, 5.74) is 7.23. The molecule has 0 saturated heterocycles.